The minimum absolute atomic E-state index is 0.161. The molecule has 1 unspecified atom stereocenters. The van der Waals surface area contributed by atoms with Gasteiger partial charge in [-0.3, -0.25) is 4.79 Å². The molecule has 0 aliphatic heterocycles. The molecule has 1 N–H and O–H groups in total. The average Bonchev–Trinajstić information content (AvgIpc) is 2.50. The number of nitriles is 1. The summed E-state index contributed by atoms with van der Waals surface area (Å²) in [6, 6.07) is 10.3. The van der Waals surface area contributed by atoms with Crippen molar-refractivity contribution in [2.45, 2.75) is 13.0 Å². The lowest BCUT2D eigenvalue weighted by Gasteiger charge is -2.14. The molecule has 2 aromatic rings. The summed E-state index contributed by atoms with van der Waals surface area (Å²) in [6.07, 6.45) is 1.37. The highest BCUT2D eigenvalue weighted by molar-refractivity contribution is 6.41. The maximum atomic E-state index is 12.1. The number of carbonyl (C=O) groups is 1. The summed E-state index contributed by atoms with van der Waals surface area (Å²) in [5, 5.41) is 12.0. The van der Waals surface area contributed by atoms with Crippen molar-refractivity contribution in [2.75, 3.05) is 0 Å². The number of hydrogen-bond acceptors (Lipinski definition) is 3. The van der Waals surface area contributed by atoms with Crippen molar-refractivity contribution >= 4 is 29.1 Å². The highest BCUT2D eigenvalue weighted by Crippen LogP contribution is 2.20. The van der Waals surface area contributed by atoms with E-state index in [4.69, 9.17) is 28.5 Å². The van der Waals surface area contributed by atoms with Gasteiger partial charge in [-0.05, 0) is 30.7 Å². The van der Waals surface area contributed by atoms with Crippen LogP contribution in [0.25, 0.3) is 0 Å². The lowest BCUT2D eigenvalue weighted by Crippen LogP contribution is -2.26. The molecule has 0 saturated heterocycles. The Labute approximate surface area is 132 Å². The van der Waals surface area contributed by atoms with Gasteiger partial charge in [0.05, 0.1) is 28.3 Å². The van der Waals surface area contributed by atoms with Crippen LogP contribution in [0.3, 0.4) is 0 Å². The van der Waals surface area contributed by atoms with Crippen LogP contribution in [0, 0.1) is 11.3 Å². The van der Waals surface area contributed by atoms with E-state index < -0.39 is 0 Å². The number of rotatable bonds is 3. The second-order valence-electron chi connectivity index (χ2n) is 4.43. The molecule has 0 fully saturated rings. The van der Waals surface area contributed by atoms with Gasteiger partial charge in [0.1, 0.15) is 5.15 Å². The largest absolute Gasteiger partial charge is 0.345 e. The van der Waals surface area contributed by atoms with E-state index in [2.05, 4.69) is 10.3 Å². The fourth-order valence-electron chi connectivity index (χ4n) is 1.76. The molecule has 0 radical (unpaired) electrons. The average molecular weight is 320 g/mol. The van der Waals surface area contributed by atoms with Crippen LogP contribution in [0.5, 0.6) is 0 Å². The van der Waals surface area contributed by atoms with E-state index >= 15 is 0 Å². The Balaban J connectivity index is 2.10. The fourth-order valence-corrected chi connectivity index (χ4v) is 2.02. The molecule has 2 rings (SSSR count). The summed E-state index contributed by atoms with van der Waals surface area (Å²) in [6.45, 7) is 1.85. The molecule has 0 aliphatic rings. The van der Waals surface area contributed by atoms with Crippen molar-refractivity contribution in [1.82, 2.24) is 10.3 Å². The second kappa shape index (κ2) is 6.57. The van der Waals surface area contributed by atoms with Gasteiger partial charge in [-0.25, -0.2) is 4.98 Å². The molecule has 0 bridgehead atoms. The molecule has 106 valence electrons. The Morgan fingerprint density at radius 3 is 2.57 bits per heavy atom. The quantitative estimate of drug-likeness (QED) is 0.876. The number of hydrogen-bond donors (Lipinski definition) is 1. The van der Waals surface area contributed by atoms with Crippen molar-refractivity contribution in [2.24, 2.45) is 0 Å². The van der Waals surface area contributed by atoms with Crippen molar-refractivity contribution < 1.29 is 4.79 Å². The van der Waals surface area contributed by atoms with Crippen LogP contribution in [-0.2, 0) is 0 Å². The monoisotopic (exact) mass is 319 g/mol. The molecule has 0 aliphatic carbocycles. The summed E-state index contributed by atoms with van der Waals surface area (Å²) < 4.78 is 0. The van der Waals surface area contributed by atoms with E-state index in [1.807, 2.05) is 13.0 Å². The van der Waals surface area contributed by atoms with Gasteiger partial charge in [-0.2, -0.15) is 5.26 Å². The second-order valence-corrected chi connectivity index (χ2v) is 5.19. The van der Waals surface area contributed by atoms with Crippen LogP contribution in [0.4, 0.5) is 0 Å². The summed E-state index contributed by atoms with van der Waals surface area (Å²) in [7, 11) is 0. The maximum Gasteiger partial charge on any atom is 0.253 e. The Bertz CT molecular complexity index is 708. The first-order valence-corrected chi connectivity index (χ1v) is 6.89. The molecule has 1 amide bonds. The number of halogens is 2. The van der Waals surface area contributed by atoms with E-state index in [-0.39, 0.29) is 22.1 Å². The maximum absolute atomic E-state index is 12.1. The van der Waals surface area contributed by atoms with Gasteiger partial charge in [-0.15, -0.1) is 0 Å². The van der Waals surface area contributed by atoms with Crippen molar-refractivity contribution in [3.8, 4) is 6.07 Å². The molecule has 0 saturated carbocycles. The first-order valence-electron chi connectivity index (χ1n) is 6.13. The van der Waals surface area contributed by atoms with E-state index in [0.717, 1.165) is 5.56 Å². The number of benzene rings is 1. The third kappa shape index (κ3) is 3.72. The zero-order valence-electron chi connectivity index (χ0n) is 11.1. The van der Waals surface area contributed by atoms with E-state index in [9.17, 15) is 4.79 Å². The third-order valence-electron chi connectivity index (χ3n) is 2.95. The van der Waals surface area contributed by atoms with Gasteiger partial charge >= 0.3 is 0 Å². The topological polar surface area (TPSA) is 65.8 Å². The number of aromatic nitrogens is 1. The summed E-state index contributed by atoms with van der Waals surface area (Å²) >= 11 is 11.6. The lowest BCUT2D eigenvalue weighted by molar-refractivity contribution is 0.0939. The molecular weight excluding hydrogens is 309 g/mol. The molecule has 1 atom stereocenters. The molecule has 1 aromatic carbocycles. The molecule has 4 nitrogen and oxygen atoms in total. The Morgan fingerprint density at radius 2 is 2.00 bits per heavy atom. The van der Waals surface area contributed by atoms with Gasteiger partial charge in [0, 0.05) is 6.20 Å². The van der Waals surface area contributed by atoms with Gasteiger partial charge in [0.15, 0.2) is 0 Å². The lowest BCUT2D eigenvalue weighted by atomic mass is 10.1. The number of nitrogens with one attached hydrogen (secondary N) is 1. The van der Waals surface area contributed by atoms with E-state index in [0.29, 0.717) is 11.1 Å². The number of nitrogens with zero attached hydrogens (tertiary/aromatic N) is 2. The van der Waals surface area contributed by atoms with Crippen LogP contribution in [0.2, 0.25) is 10.2 Å². The summed E-state index contributed by atoms with van der Waals surface area (Å²) in [5.74, 6) is -0.294. The highest BCUT2D eigenvalue weighted by atomic mass is 35.5. The van der Waals surface area contributed by atoms with Crippen molar-refractivity contribution in [3.05, 3.63) is 63.4 Å². The predicted octanol–water partition coefficient (Wildman–Crippen LogP) is 3.75. The van der Waals surface area contributed by atoms with Crippen LogP contribution in [0.15, 0.2) is 36.5 Å². The van der Waals surface area contributed by atoms with E-state index in [1.54, 1.807) is 24.3 Å². The molecule has 1 aromatic heterocycles. The minimum Gasteiger partial charge on any atom is -0.345 e. The Kier molecular flexibility index (Phi) is 4.79. The van der Waals surface area contributed by atoms with E-state index in [1.165, 1.54) is 12.3 Å². The van der Waals surface area contributed by atoms with Gasteiger partial charge in [0.2, 0.25) is 0 Å². The number of carbonyl (C=O) groups excluding carboxylic acids is 1. The van der Waals surface area contributed by atoms with Crippen molar-refractivity contribution in [3.63, 3.8) is 0 Å². The number of amides is 1. The zero-order valence-corrected chi connectivity index (χ0v) is 12.6. The highest BCUT2D eigenvalue weighted by Gasteiger charge is 2.13. The first kappa shape index (κ1) is 15.3. The fraction of sp³-hybridized carbons (Fsp3) is 0.133. The predicted molar refractivity (Wildman–Crippen MR) is 81.3 cm³/mol. The van der Waals surface area contributed by atoms with Gasteiger partial charge in [0.25, 0.3) is 5.91 Å². The first-order chi connectivity index (χ1) is 10.0. The molecule has 21 heavy (non-hydrogen) atoms. The summed E-state index contributed by atoms with van der Waals surface area (Å²) in [5.41, 5.74) is 1.81. The van der Waals surface area contributed by atoms with Crippen LogP contribution in [0.1, 0.15) is 34.5 Å². The molecular formula is C15H11Cl2N3O. The SMILES string of the molecule is CC(NC(=O)c1cnc(Cl)c(Cl)c1)c1ccc(C#N)cc1. The zero-order chi connectivity index (χ0) is 15.4. The smallest absolute Gasteiger partial charge is 0.253 e. The standard InChI is InChI=1S/C15H11Cl2N3O/c1-9(11-4-2-10(7-18)3-5-11)20-15(21)12-6-13(16)14(17)19-8-12/h2-6,8-9H,1H3,(H,20,21). The Morgan fingerprint density at radius 1 is 1.33 bits per heavy atom. The van der Waals surface area contributed by atoms with Crippen LogP contribution in [-0.4, -0.2) is 10.9 Å². The summed E-state index contributed by atoms with van der Waals surface area (Å²) in [4.78, 5) is 15.9. The minimum atomic E-state index is -0.294. The van der Waals surface area contributed by atoms with Gasteiger partial charge in [-0.1, -0.05) is 35.3 Å². The van der Waals surface area contributed by atoms with Gasteiger partial charge < -0.3 is 5.32 Å². The third-order valence-corrected chi connectivity index (χ3v) is 3.63. The molecule has 6 heteroatoms. The van der Waals surface area contributed by atoms with Crippen molar-refractivity contribution in [1.29, 1.82) is 5.26 Å². The van der Waals surface area contributed by atoms with Crippen LogP contribution >= 0.6 is 23.2 Å². The van der Waals surface area contributed by atoms with Crippen LogP contribution < -0.4 is 5.32 Å². The molecule has 0 spiro atoms. The molecule has 1 heterocycles. The normalized spacial score (nSPS) is 11.5. The number of pyridine rings is 1. The Hall–Kier alpha value is -2.09.